The molecule has 0 saturated heterocycles. The van der Waals surface area contributed by atoms with E-state index in [2.05, 4.69) is 5.32 Å². The Balaban J connectivity index is 2.34. The number of halogens is 3. The molecule has 1 N–H and O–H groups in total. The minimum atomic E-state index is -0.621. The van der Waals surface area contributed by atoms with Crippen molar-refractivity contribution in [2.24, 2.45) is 0 Å². The van der Waals surface area contributed by atoms with E-state index in [-0.39, 0.29) is 16.7 Å². The summed E-state index contributed by atoms with van der Waals surface area (Å²) in [7, 11) is 1.48. The van der Waals surface area contributed by atoms with Gasteiger partial charge in [-0.25, -0.2) is 0 Å². The third kappa shape index (κ3) is 5.56. The fourth-order valence-electron chi connectivity index (χ4n) is 2.27. The lowest BCUT2D eigenvalue weighted by Crippen LogP contribution is -2.13. The van der Waals surface area contributed by atoms with Crippen LogP contribution in [0.25, 0.3) is 6.08 Å². The van der Waals surface area contributed by atoms with Crippen molar-refractivity contribution in [1.29, 1.82) is 5.26 Å². The normalized spacial score (nSPS) is 11.1. The van der Waals surface area contributed by atoms with E-state index in [1.807, 2.05) is 19.9 Å². The lowest BCUT2D eigenvalue weighted by Gasteiger charge is -2.15. The van der Waals surface area contributed by atoms with Gasteiger partial charge in [-0.05, 0) is 55.8 Å². The van der Waals surface area contributed by atoms with E-state index in [0.29, 0.717) is 32.8 Å². The smallest absolute Gasteiger partial charge is 0.266 e. The van der Waals surface area contributed by atoms with Crippen LogP contribution in [0.3, 0.4) is 0 Å². The molecule has 0 aliphatic heterocycles. The van der Waals surface area contributed by atoms with E-state index in [1.165, 1.54) is 19.3 Å². The summed E-state index contributed by atoms with van der Waals surface area (Å²) in [6, 6.07) is 9.71. The Morgan fingerprint density at radius 3 is 2.46 bits per heavy atom. The first-order valence-corrected chi connectivity index (χ1v) is 9.31. The Kier molecular flexibility index (Phi) is 7.59. The predicted octanol–water partition coefficient (Wildman–Crippen LogP) is 5.99. The highest BCUT2D eigenvalue weighted by atomic mass is 35.5. The van der Waals surface area contributed by atoms with Crippen molar-refractivity contribution >= 4 is 52.5 Å². The summed E-state index contributed by atoms with van der Waals surface area (Å²) in [5.74, 6) is 0.169. The van der Waals surface area contributed by atoms with Crippen molar-refractivity contribution in [3.63, 3.8) is 0 Å². The molecule has 0 aromatic heterocycles. The fourth-order valence-corrected chi connectivity index (χ4v) is 2.99. The van der Waals surface area contributed by atoms with Crippen LogP contribution >= 0.6 is 34.8 Å². The molecule has 2 aromatic carbocycles. The zero-order valence-electron chi connectivity index (χ0n) is 15.3. The third-order valence-corrected chi connectivity index (χ3v) is 4.29. The van der Waals surface area contributed by atoms with Crippen LogP contribution in [0.4, 0.5) is 5.69 Å². The van der Waals surface area contributed by atoms with Crippen LogP contribution in [0.2, 0.25) is 15.1 Å². The van der Waals surface area contributed by atoms with Gasteiger partial charge in [0.15, 0.2) is 11.5 Å². The summed E-state index contributed by atoms with van der Waals surface area (Å²) in [4.78, 5) is 12.5. The number of amides is 1. The zero-order chi connectivity index (χ0) is 20.8. The topological polar surface area (TPSA) is 71.3 Å². The van der Waals surface area contributed by atoms with Crippen molar-refractivity contribution < 1.29 is 14.3 Å². The van der Waals surface area contributed by atoms with Gasteiger partial charge in [-0.15, -0.1) is 0 Å². The number of nitrogens with one attached hydrogen (secondary N) is 1. The van der Waals surface area contributed by atoms with Gasteiger partial charge in [0.05, 0.1) is 28.9 Å². The van der Waals surface area contributed by atoms with Crippen molar-refractivity contribution in [1.82, 2.24) is 0 Å². The molecule has 0 aliphatic rings. The molecule has 0 bridgehead atoms. The van der Waals surface area contributed by atoms with Gasteiger partial charge >= 0.3 is 0 Å². The third-order valence-electron chi connectivity index (χ3n) is 3.46. The Hall–Kier alpha value is -2.39. The fraction of sp³-hybridized carbons (Fsp3) is 0.200. The lowest BCUT2D eigenvalue weighted by molar-refractivity contribution is -0.112. The van der Waals surface area contributed by atoms with Crippen molar-refractivity contribution in [2.45, 2.75) is 20.0 Å². The minimum Gasteiger partial charge on any atom is -0.493 e. The molecular weight excluding hydrogens is 423 g/mol. The van der Waals surface area contributed by atoms with Gasteiger partial charge in [-0.2, -0.15) is 5.26 Å². The number of carbonyl (C=O) groups is 1. The highest BCUT2D eigenvalue weighted by Gasteiger charge is 2.16. The first kappa shape index (κ1) is 21.9. The molecule has 0 aliphatic carbocycles. The second-order valence-electron chi connectivity index (χ2n) is 5.95. The Morgan fingerprint density at radius 2 is 1.89 bits per heavy atom. The summed E-state index contributed by atoms with van der Waals surface area (Å²) in [5.41, 5.74) is 0.710. The SMILES string of the molecule is COc1cc(/C=C(\C#N)C(=O)Nc2ccc(Cl)cc2Cl)cc(Cl)c1OC(C)C. The van der Waals surface area contributed by atoms with Crippen LogP contribution in [0.15, 0.2) is 35.9 Å². The molecule has 0 radical (unpaired) electrons. The maximum atomic E-state index is 12.5. The highest BCUT2D eigenvalue weighted by Crippen LogP contribution is 2.37. The molecule has 1 amide bonds. The molecule has 28 heavy (non-hydrogen) atoms. The van der Waals surface area contributed by atoms with Gasteiger partial charge in [0.25, 0.3) is 5.91 Å². The highest BCUT2D eigenvalue weighted by molar-refractivity contribution is 6.37. The molecule has 2 rings (SSSR count). The molecule has 146 valence electrons. The number of rotatable bonds is 6. The summed E-state index contributed by atoms with van der Waals surface area (Å²) < 4.78 is 11.0. The number of nitrogens with zero attached hydrogens (tertiary/aromatic N) is 1. The monoisotopic (exact) mass is 438 g/mol. The van der Waals surface area contributed by atoms with Crippen LogP contribution in [0, 0.1) is 11.3 Å². The average molecular weight is 440 g/mol. The van der Waals surface area contributed by atoms with E-state index in [9.17, 15) is 10.1 Å². The van der Waals surface area contributed by atoms with E-state index < -0.39 is 5.91 Å². The maximum Gasteiger partial charge on any atom is 0.266 e. The maximum absolute atomic E-state index is 12.5. The number of carbonyl (C=O) groups excluding carboxylic acids is 1. The van der Waals surface area contributed by atoms with Gasteiger partial charge in [-0.3, -0.25) is 4.79 Å². The summed E-state index contributed by atoms with van der Waals surface area (Å²) >= 11 is 18.2. The first-order valence-electron chi connectivity index (χ1n) is 8.17. The van der Waals surface area contributed by atoms with Crippen LogP contribution in [0.5, 0.6) is 11.5 Å². The minimum absolute atomic E-state index is 0.0997. The molecule has 2 aromatic rings. The standard InChI is InChI=1S/C20H17Cl3N2O3/c1-11(2)28-19-16(23)7-12(8-18(19)27-3)6-13(10-24)20(26)25-17-5-4-14(21)9-15(17)22/h4-9,11H,1-3H3,(H,25,26)/b13-6+. The summed E-state index contributed by atoms with van der Waals surface area (Å²) in [5, 5.41) is 13.0. The van der Waals surface area contributed by atoms with Crippen LogP contribution in [-0.2, 0) is 4.79 Å². The molecule has 0 fully saturated rings. The van der Waals surface area contributed by atoms with E-state index >= 15 is 0 Å². The van der Waals surface area contributed by atoms with Crippen molar-refractivity contribution in [3.8, 4) is 17.6 Å². The Bertz CT molecular complexity index is 966. The Labute approximate surface area is 178 Å². The van der Waals surface area contributed by atoms with E-state index in [0.717, 1.165) is 0 Å². The Morgan fingerprint density at radius 1 is 1.18 bits per heavy atom. The lowest BCUT2D eigenvalue weighted by atomic mass is 10.1. The van der Waals surface area contributed by atoms with E-state index in [1.54, 1.807) is 24.3 Å². The van der Waals surface area contributed by atoms with E-state index in [4.69, 9.17) is 44.3 Å². The molecule has 0 saturated carbocycles. The quantitative estimate of drug-likeness (QED) is 0.443. The molecule has 5 nitrogen and oxygen atoms in total. The van der Waals surface area contributed by atoms with Crippen molar-refractivity contribution in [2.75, 3.05) is 12.4 Å². The number of nitriles is 1. The average Bonchev–Trinajstić information content (AvgIpc) is 2.63. The van der Waals surface area contributed by atoms with Gasteiger partial charge in [0.1, 0.15) is 11.6 Å². The zero-order valence-corrected chi connectivity index (χ0v) is 17.6. The molecular formula is C20H17Cl3N2O3. The van der Waals surface area contributed by atoms with Gasteiger partial charge in [0, 0.05) is 5.02 Å². The number of hydrogen-bond acceptors (Lipinski definition) is 4. The summed E-state index contributed by atoms with van der Waals surface area (Å²) in [6.45, 7) is 3.73. The number of ether oxygens (including phenoxy) is 2. The predicted molar refractivity (Wildman–Crippen MR) is 112 cm³/mol. The largest absolute Gasteiger partial charge is 0.493 e. The number of benzene rings is 2. The van der Waals surface area contributed by atoms with Crippen LogP contribution < -0.4 is 14.8 Å². The molecule has 0 unspecified atom stereocenters. The van der Waals surface area contributed by atoms with Crippen molar-refractivity contribution in [3.05, 3.63) is 56.5 Å². The molecule has 0 heterocycles. The number of methoxy groups -OCH3 is 1. The first-order chi connectivity index (χ1) is 13.2. The molecule has 8 heteroatoms. The van der Waals surface area contributed by atoms with Gasteiger partial charge in [0.2, 0.25) is 0 Å². The van der Waals surface area contributed by atoms with Gasteiger partial charge < -0.3 is 14.8 Å². The number of anilines is 1. The van der Waals surface area contributed by atoms with Crippen LogP contribution in [0.1, 0.15) is 19.4 Å². The van der Waals surface area contributed by atoms with Gasteiger partial charge in [-0.1, -0.05) is 34.8 Å². The second kappa shape index (κ2) is 9.70. The molecule has 0 atom stereocenters. The number of hydrogen-bond donors (Lipinski definition) is 1. The second-order valence-corrected chi connectivity index (χ2v) is 7.20. The summed E-state index contributed by atoms with van der Waals surface area (Å²) in [6.07, 6.45) is 1.30. The van der Waals surface area contributed by atoms with Crippen LogP contribution in [-0.4, -0.2) is 19.1 Å². The molecule has 0 spiro atoms.